The number of nitrogens with one attached hydrogen (secondary N) is 2. The first kappa shape index (κ1) is 26.4. The Bertz CT molecular complexity index is 1480. The smallest absolute Gasteiger partial charge is 0.362 e. The first-order chi connectivity index (χ1) is 18.1. The molecular weight excluding hydrogens is 491 g/mol. The van der Waals surface area contributed by atoms with Crippen LogP contribution in [-0.2, 0) is 6.18 Å². The van der Waals surface area contributed by atoms with Crippen molar-refractivity contribution in [1.82, 2.24) is 9.97 Å². The Kier molecular flexibility index (Phi) is 7.47. The third-order valence-corrected chi connectivity index (χ3v) is 5.86. The number of rotatable bonds is 7. The molecule has 0 aliphatic heterocycles. The summed E-state index contributed by atoms with van der Waals surface area (Å²) < 4.78 is 39.2. The number of aromatic nitrogens is 2. The van der Waals surface area contributed by atoms with E-state index in [9.17, 15) is 18.0 Å². The highest BCUT2D eigenvalue weighted by Crippen LogP contribution is 2.34. The minimum absolute atomic E-state index is 0.0561. The molecule has 4 aromatic rings. The minimum Gasteiger partial charge on any atom is -0.362 e. The molecule has 0 aliphatic rings. The van der Waals surface area contributed by atoms with Crippen molar-refractivity contribution in [2.75, 3.05) is 29.6 Å². The maximum absolute atomic E-state index is 13.1. The number of carbonyl (C=O) groups excluding carboxylic acids is 1. The summed E-state index contributed by atoms with van der Waals surface area (Å²) in [6.45, 7) is 5.85. The van der Waals surface area contributed by atoms with Crippen LogP contribution in [0.3, 0.4) is 0 Å². The van der Waals surface area contributed by atoms with Gasteiger partial charge in [-0.2, -0.15) is 13.2 Å². The van der Waals surface area contributed by atoms with Gasteiger partial charge < -0.3 is 15.5 Å². The topological polar surface area (TPSA) is 70.1 Å². The molecule has 2 N–H and O–H groups in total. The lowest BCUT2D eigenvalue weighted by atomic mass is 10.1. The molecular formula is C29H26F3N5O. The van der Waals surface area contributed by atoms with Crippen molar-refractivity contribution < 1.29 is 18.0 Å². The van der Waals surface area contributed by atoms with Gasteiger partial charge in [-0.1, -0.05) is 24.8 Å². The van der Waals surface area contributed by atoms with Crippen LogP contribution in [-0.4, -0.2) is 30.0 Å². The lowest BCUT2D eigenvalue weighted by Gasteiger charge is -2.21. The van der Waals surface area contributed by atoms with Gasteiger partial charge in [0.05, 0.1) is 16.9 Å². The number of nitrogens with zero attached hydrogens (tertiary/aromatic N) is 3. The highest BCUT2D eigenvalue weighted by Gasteiger charge is 2.30. The van der Waals surface area contributed by atoms with Crippen LogP contribution < -0.4 is 15.5 Å². The monoisotopic (exact) mass is 517 g/mol. The van der Waals surface area contributed by atoms with Crippen LogP contribution in [0.15, 0.2) is 79.6 Å². The third-order valence-electron chi connectivity index (χ3n) is 5.86. The molecule has 0 radical (unpaired) electrons. The molecule has 194 valence electrons. The Morgan fingerprint density at radius 1 is 1.00 bits per heavy atom. The number of benzene rings is 2. The number of alkyl halides is 3. The zero-order valence-corrected chi connectivity index (χ0v) is 21.1. The van der Waals surface area contributed by atoms with Crippen molar-refractivity contribution >= 4 is 34.9 Å². The van der Waals surface area contributed by atoms with Crippen molar-refractivity contribution in [2.24, 2.45) is 0 Å². The van der Waals surface area contributed by atoms with Crippen LogP contribution in [0.1, 0.15) is 27.0 Å². The average molecular weight is 518 g/mol. The first-order valence-electron chi connectivity index (χ1n) is 11.7. The van der Waals surface area contributed by atoms with Crippen molar-refractivity contribution in [3.05, 3.63) is 102 Å². The number of hydrogen-bond acceptors (Lipinski definition) is 5. The molecule has 38 heavy (non-hydrogen) atoms. The molecule has 2 aromatic heterocycles. The zero-order valence-electron chi connectivity index (χ0n) is 21.1. The second kappa shape index (κ2) is 10.8. The summed E-state index contributed by atoms with van der Waals surface area (Å²) in [5.74, 6) is 0.172. The number of pyridine rings is 2. The van der Waals surface area contributed by atoms with Gasteiger partial charge in [-0.05, 0) is 61.0 Å². The predicted molar refractivity (Wildman–Crippen MR) is 146 cm³/mol. The Balaban J connectivity index is 1.69. The summed E-state index contributed by atoms with van der Waals surface area (Å²) in [5, 5.41) is 5.96. The summed E-state index contributed by atoms with van der Waals surface area (Å²) in [7, 11) is 3.78. The number of aryl methyl sites for hydroxylation is 1. The fourth-order valence-electron chi connectivity index (χ4n) is 3.88. The zero-order chi connectivity index (χ0) is 27.4. The largest absolute Gasteiger partial charge is 0.416 e. The molecule has 0 aliphatic carbocycles. The molecule has 0 spiro atoms. The van der Waals surface area contributed by atoms with E-state index in [1.54, 1.807) is 36.7 Å². The predicted octanol–water partition coefficient (Wildman–Crippen LogP) is 7.18. The molecule has 9 heteroatoms. The van der Waals surface area contributed by atoms with Crippen LogP contribution in [0.4, 0.5) is 36.1 Å². The van der Waals surface area contributed by atoms with Crippen LogP contribution in [0.5, 0.6) is 0 Å². The molecule has 1 amide bonds. The van der Waals surface area contributed by atoms with Gasteiger partial charge in [0, 0.05) is 54.6 Å². The van der Waals surface area contributed by atoms with E-state index < -0.39 is 17.6 Å². The maximum atomic E-state index is 13.1. The van der Waals surface area contributed by atoms with E-state index in [0.29, 0.717) is 11.5 Å². The van der Waals surface area contributed by atoms with E-state index in [1.165, 1.54) is 12.1 Å². The summed E-state index contributed by atoms with van der Waals surface area (Å²) in [6.07, 6.45) is 0.588. The number of hydrogen-bond donors (Lipinski definition) is 2. The number of anilines is 4. The second-order valence-electron chi connectivity index (χ2n) is 8.81. The summed E-state index contributed by atoms with van der Waals surface area (Å²) in [4.78, 5) is 23.7. The van der Waals surface area contributed by atoms with E-state index in [0.717, 1.165) is 40.2 Å². The standard InChI is InChI=1S/C29H26F3N5O/c1-5-23-26(17-25(36-27(23)37(3)4)19-11-13-33-14-12-19)35-24-15-20(10-9-18(24)2)28(38)34-22-8-6-7-21(16-22)29(30,31)32/h5-17H,1H2,2-4H3,(H,34,38)(H,35,36). The van der Waals surface area contributed by atoms with Gasteiger partial charge in [0.2, 0.25) is 0 Å². The van der Waals surface area contributed by atoms with Crippen molar-refractivity contribution in [3.8, 4) is 11.3 Å². The minimum atomic E-state index is -4.50. The fourth-order valence-corrected chi connectivity index (χ4v) is 3.88. The summed E-state index contributed by atoms with van der Waals surface area (Å²) in [5.41, 5.74) is 4.12. The average Bonchev–Trinajstić information content (AvgIpc) is 2.89. The molecule has 0 saturated carbocycles. The normalized spacial score (nSPS) is 11.1. The Morgan fingerprint density at radius 2 is 1.74 bits per heavy atom. The number of amides is 1. The van der Waals surface area contributed by atoms with E-state index in [1.807, 2.05) is 44.1 Å². The number of halogens is 3. The van der Waals surface area contributed by atoms with E-state index in [-0.39, 0.29) is 11.3 Å². The molecule has 4 rings (SSSR count). The van der Waals surface area contributed by atoms with Gasteiger partial charge >= 0.3 is 6.18 Å². The Morgan fingerprint density at radius 3 is 2.39 bits per heavy atom. The molecule has 6 nitrogen and oxygen atoms in total. The molecule has 0 fully saturated rings. The van der Waals surface area contributed by atoms with Gasteiger partial charge in [0.1, 0.15) is 5.82 Å². The molecule has 2 aromatic carbocycles. The molecule has 0 bridgehead atoms. The SMILES string of the molecule is C=Cc1c(Nc2cc(C(=O)Nc3cccc(C(F)(F)F)c3)ccc2C)cc(-c2ccncc2)nc1N(C)C. The second-order valence-corrected chi connectivity index (χ2v) is 8.81. The van der Waals surface area contributed by atoms with Gasteiger partial charge in [-0.25, -0.2) is 4.98 Å². The van der Waals surface area contributed by atoms with Crippen LogP contribution in [0.2, 0.25) is 0 Å². The summed E-state index contributed by atoms with van der Waals surface area (Å²) >= 11 is 0. The van der Waals surface area contributed by atoms with Crippen LogP contribution in [0.25, 0.3) is 17.3 Å². The van der Waals surface area contributed by atoms with Crippen molar-refractivity contribution in [3.63, 3.8) is 0 Å². The molecule has 0 atom stereocenters. The van der Waals surface area contributed by atoms with Gasteiger partial charge in [-0.15, -0.1) is 0 Å². The van der Waals surface area contributed by atoms with Crippen LogP contribution >= 0.6 is 0 Å². The fraction of sp³-hybridized carbons (Fsp3) is 0.138. The van der Waals surface area contributed by atoms with E-state index in [2.05, 4.69) is 22.2 Å². The quantitative estimate of drug-likeness (QED) is 0.272. The number of carbonyl (C=O) groups is 1. The van der Waals surface area contributed by atoms with Gasteiger partial charge in [-0.3, -0.25) is 9.78 Å². The lowest BCUT2D eigenvalue weighted by molar-refractivity contribution is -0.137. The Hall–Kier alpha value is -4.66. The summed E-state index contributed by atoms with van der Waals surface area (Å²) in [6, 6.07) is 15.2. The molecule has 0 saturated heterocycles. The van der Waals surface area contributed by atoms with Gasteiger partial charge in [0.15, 0.2) is 0 Å². The highest BCUT2D eigenvalue weighted by molar-refractivity contribution is 6.05. The first-order valence-corrected chi connectivity index (χ1v) is 11.7. The Labute approximate surface area is 218 Å². The van der Waals surface area contributed by atoms with E-state index >= 15 is 0 Å². The maximum Gasteiger partial charge on any atom is 0.416 e. The molecule has 0 unspecified atom stereocenters. The van der Waals surface area contributed by atoms with Gasteiger partial charge in [0.25, 0.3) is 5.91 Å². The molecule has 2 heterocycles. The van der Waals surface area contributed by atoms with Crippen LogP contribution in [0, 0.1) is 6.92 Å². The third kappa shape index (κ3) is 5.83. The van der Waals surface area contributed by atoms with Crippen molar-refractivity contribution in [2.45, 2.75) is 13.1 Å². The highest BCUT2D eigenvalue weighted by atomic mass is 19.4. The van der Waals surface area contributed by atoms with Crippen molar-refractivity contribution in [1.29, 1.82) is 0 Å². The lowest BCUT2D eigenvalue weighted by Crippen LogP contribution is -2.15. The van der Waals surface area contributed by atoms with E-state index in [4.69, 9.17) is 4.98 Å².